The van der Waals surface area contributed by atoms with Gasteiger partial charge in [0, 0.05) is 0 Å². The first-order chi connectivity index (χ1) is 7.50. The van der Waals surface area contributed by atoms with E-state index < -0.39 is 11.5 Å². The van der Waals surface area contributed by atoms with Crippen LogP contribution in [0.1, 0.15) is 40.0 Å². The van der Waals surface area contributed by atoms with Crippen molar-refractivity contribution in [3.8, 4) is 0 Å². The monoisotopic (exact) mass is 220 g/mol. The van der Waals surface area contributed by atoms with Crippen LogP contribution in [0.15, 0.2) is 23.3 Å². The van der Waals surface area contributed by atoms with E-state index >= 15 is 0 Å². The van der Waals surface area contributed by atoms with Gasteiger partial charge in [-0.2, -0.15) is 0 Å². The summed E-state index contributed by atoms with van der Waals surface area (Å²) in [5.74, 6) is 0.322. The minimum absolute atomic E-state index is 0.116. The van der Waals surface area contributed by atoms with Gasteiger partial charge in [-0.25, -0.2) is 0 Å². The minimum atomic E-state index is -0.584. The Morgan fingerprint density at radius 3 is 2.88 bits per heavy atom. The molecule has 0 saturated carbocycles. The molecule has 0 aromatic rings. The van der Waals surface area contributed by atoms with Gasteiger partial charge in [-0.05, 0) is 45.1 Å². The number of allylic oxidation sites excluding steroid dienone is 3. The highest BCUT2D eigenvalue weighted by Crippen LogP contribution is 2.49. The first-order valence-electron chi connectivity index (χ1n) is 6.08. The smallest absolute Gasteiger partial charge is 0.164 e. The Balaban J connectivity index is 2.42. The number of ketones is 1. The van der Waals surface area contributed by atoms with Crippen molar-refractivity contribution < 1.29 is 9.90 Å². The van der Waals surface area contributed by atoms with E-state index in [1.807, 2.05) is 13.8 Å². The van der Waals surface area contributed by atoms with E-state index in [1.165, 1.54) is 11.1 Å². The Kier molecular flexibility index (Phi) is 2.79. The summed E-state index contributed by atoms with van der Waals surface area (Å²) in [6, 6.07) is 0. The van der Waals surface area contributed by atoms with Crippen molar-refractivity contribution in [2.75, 3.05) is 0 Å². The van der Waals surface area contributed by atoms with Crippen LogP contribution >= 0.6 is 0 Å². The summed E-state index contributed by atoms with van der Waals surface area (Å²) in [5.41, 5.74) is 1.82. The maximum absolute atomic E-state index is 12.1. The lowest BCUT2D eigenvalue weighted by Gasteiger charge is -2.34. The van der Waals surface area contributed by atoms with Crippen molar-refractivity contribution in [2.24, 2.45) is 11.3 Å². The molecule has 1 N–H and O–H groups in total. The van der Waals surface area contributed by atoms with Gasteiger partial charge in [0.1, 0.15) is 0 Å². The van der Waals surface area contributed by atoms with Gasteiger partial charge in [-0.3, -0.25) is 4.79 Å². The summed E-state index contributed by atoms with van der Waals surface area (Å²) in [6.45, 7) is 6.04. The van der Waals surface area contributed by atoms with E-state index in [9.17, 15) is 9.90 Å². The lowest BCUT2D eigenvalue weighted by Crippen LogP contribution is -2.41. The third-order valence-electron chi connectivity index (χ3n) is 4.34. The molecule has 0 bridgehead atoms. The Hall–Kier alpha value is -0.890. The number of hydrogen-bond acceptors (Lipinski definition) is 2. The molecule has 0 saturated heterocycles. The molecule has 2 heteroatoms. The van der Waals surface area contributed by atoms with Gasteiger partial charge in [0.25, 0.3) is 0 Å². The molecule has 0 radical (unpaired) electrons. The van der Waals surface area contributed by atoms with Gasteiger partial charge in [0.15, 0.2) is 5.78 Å². The van der Waals surface area contributed by atoms with Crippen LogP contribution in [0.4, 0.5) is 0 Å². The van der Waals surface area contributed by atoms with Crippen LogP contribution < -0.4 is 0 Å². The molecule has 0 amide bonds. The molecule has 2 aliphatic rings. The maximum atomic E-state index is 12.1. The van der Waals surface area contributed by atoms with Gasteiger partial charge < -0.3 is 5.11 Å². The number of fused-ring (bicyclic) bond motifs is 1. The molecule has 0 aliphatic heterocycles. The lowest BCUT2D eigenvalue weighted by molar-refractivity contribution is -0.130. The van der Waals surface area contributed by atoms with E-state index in [0.29, 0.717) is 6.42 Å². The highest BCUT2D eigenvalue weighted by molar-refractivity contribution is 5.99. The molecule has 16 heavy (non-hydrogen) atoms. The van der Waals surface area contributed by atoms with Crippen molar-refractivity contribution >= 4 is 5.78 Å². The molecular formula is C14H20O2. The summed E-state index contributed by atoms with van der Waals surface area (Å²) in [7, 11) is 0. The summed E-state index contributed by atoms with van der Waals surface area (Å²) < 4.78 is 0. The molecule has 2 aliphatic carbocycles. The molecule has 0 heterocycles. The molecule has 2 nitrogen and oxygen atoms in total. The number of aliphatic hydroxyl groups is 1. The summed E-state index contributed by atoms with van der Waals surface area (Å²) >= 11 is 0. The van der Waals surface area contributed by atoms with Gasteiger partial charge in [-0.15, -0.1) is 0 Å². The van der Waals surface area contributed by atoms with Crippen molar-refractivity contribution in [1.29, 1.82) is 0 Å². The first-order valence-corrected chi connectivity index (χ1v) is 6.08. The number of hydrogen-bond donors (Lipinski definition) is 1. The number of carbonyl (C=O) groups excluding carboxylic acids is 1. The van der Waals surface area contributed by atoms with E-state index in [4.69, 9.17) is 0 Å². The first kappa shape index (κ1) is 11.6. The number of carbonyl (C=O) groups is 1. The zero-order valence-electron chi connectivity index (χ0n) is 10.3. The SMILES string of the molecule is CCC1=CC(=O)[C@]2(C)C1CC=C(C)C[C@@H]2O. The number of aliphatic hydroxyl groups excluding tert-OH is 1. The zero-order chi connectivity index (χ0) is 11.9. The molecule has 0 fully saturated rings. The van der Waals surface area contributed by atoms with Crippen LogP contribution in [0.25, 0.3) is 0 Å². The normalized spacial score (nSPS) is 38.9. The molecular weight excluding hydrogens is 200 g/mol. The zero-order valence-corrected chi connectivity index (χ0v) is 10.3. The Labute approximate surface area is 97.0 Å². The second kappa shape index (κ2) is 3.85. The highest BCUT2D eigenvalue weighted by Gasteiger charge is 2.51. The minimum Gasteiger partial charge on any atom is -0.392 e. The lowest BCUT2D eigenvalue weighted by atomic mass is 9.70. The summed E-state index contributed by atoms with van der Waals surface area (Å²) in [5, 5.41) is 10.3. The molecule has 3 atom stereocenters. The van der Waals surface area contributed by atoms with Gasteiger partial charge >= 0.3 is 0 Å². The molecule has 0 aromatic carbocycles. The molecule has 1 unspecified atom stereocenters. The van der Waals surface area contributed by atoms with Crippen LogP contribution in [0.5, 0.6) is 0 Å². The fraction of sp³-hybridized carbons (Fsp3) is 0.643. The third kappa shape index (κ3) is 1.47. The molecule has 0 aromatic heterocycles. The van der Waals surface area contributed by atoms with Crippen LogP contribution in [0.3, 0.4) is 0 Å². The second-order valence-electron chi connectivity index (χ2n) is 5.28. The fourth-order valence-corrected chi connectivity index (χ4v) is 3.04. The molecule has 88 valence electrons. The fourth-order valence-electron chi connectivity index (χ4n) is 3.04. The number of rotatable bonds is 1. The highest BCUT2D eigenvalue weighted by atomic mass is 16.3. The quantitative estimate of drug-likeness (QED) is 0.690. The van der Waals surface area contributed by atoms with Crippen molar-refractivity contribution in [1.82, 2.24) is 0 Å². The van der Waals surface area contributed by atoms with Crippen molar-refractivity contribution in [2.45, 2.75) is 46.1 Å². The van der Waals surface area contributed by atoms with Gasteiger partial charge in [0.05, 0.1) is 11.5 Å². The average Bonchev–Trinajstić information content (AvgIpc) is 2.42. The Morgan fingerprint density at radius 2 is 2.25 bits per heavy atom. The predicted octanol–water partition coefficient (Wildman–Crippen LogP) is 2.63. The van der Waals surface area contributed by atoms with Crippen molar-refractivity contribution in [3.05, 3.63) is 23.3 Å². The largest absolute Gasteiger partial charge is 0.392 e. The topological polar surface area (TPSA) is 37.3 Å². The van der Waals surface area contributed by atoms with E-state index in [-0.39, 0.29) is 11.7 Å². The third-order valence-corrected chi connectivity index (χ3v) is 4.34. The Morgan fingerprint density at radius 1 is 1.56 bits per heavy atom. The second-order valence-corrected chi connectivity index (χ2v) is 5.28. The summed E-state index contributed by atoms with van der Waals surface area (Å²) in [6.07, 6.45) is 5.84. The van der Waals surface area contributed by atoms with E-state index in [1.54, 1.807) is 6.08 Å². The average molecular weight is 220 g/mol. The molecule has 2 rings (SSSR count). The van der Waals surface area contributed by atoms with Crippen molar-refractivity contribution in [3.63, 3.8) is 0 Å². The van der Waals surface area contributed by atoms with Gasteiger partial charge in [-0.1, -0.05) is 24.1 Å². The van der Waals surface area contributed by atoms with Gasteiger partial charge in [0.2, 0.25) is 0 Å². The standard InChI is InChI=1S/C14H20O2/c1-4-10-8-13(16)14(3)11(10)6-5-9(2)7-12(14)15/h5,8,11-12,15H,4,6-7H2,1-3H3/t11?,12-,14+/m0/s1. The Bertz CT molecular complexity index is 378. The van der Waals surface area contributed by atoms with Crippen LogP contribution in [-0.2, 0) is 4.79 Å². The van der Waals surface area contributed by atoms with Crippen LogP contribution in [0, 0.1) is 11.3 Å². The molecule has 0 spiro atoms. The van der Waals surface area contributed by atoms with E-state index in [0.717, 1.165) is 12.8 Å². The summed E-state index contributed by atoms with van der Waals surface area (Å²) in [4.78, 5) is 12.1. The van der Waals surface area contributed by atoms with Crippen LogP contribution in [-0.4, -0.2) is 17.0 Å². The maximum Gasteiger partial charge on any atom is 0.164 e. The van der Waals surface area contributed by atoms with E-state index in [2.05, 4.69) is 13.0 Å². The van der Waals surface area contributed by atoms with Crippen LogP contribution in [0.2, 0.25) is 0 Å². The predicted molar refractivity (Wildman–Crippen MR) is 64.0 cm³/mol.